The van der Waals surface area contributed by atoms with E-state index in [4.69, 9.17) is 11.6 Å². The van der Waals surface area contributed by atoms with E-state index in [1.807, 2.05) is 22.6 Å². The molecule has 0 bridgehead atoms. The van der Waals surface area contributed by atoms with Crippen molar-refractivity contribution in [2.75, 3.05) is 4.72 Å². The van der Waals surface area contributed by atoms with E-state index in [1.165, 1.54) is 24.3 Å². The van der Waals surface area contributed by atoms with E-state index < -0.39 is 14.9 Å². The van der Waals surface area contributed by atoms with Crippen LogP contribution in [0.15, 0.2) is 47.4 Å². The van der Waals surface area contributed by atoms with Crippen LogP contribution >= 0.6 is 34.2 Å². The molecule has 0 unspecified atom stereocenters. The van der Waals surface area contributed by atoms with Crippen molar-refractivity contribution in [1.82, 2.24) is 0 Å². The maximum atomic E-state index is 12.2. The van der Waals surface area contributed by atoms with Gasteiger partial charge in [0.25, 0.3) is 15.7 Å². The van der Waals surface area contributed by atoms with E-state index in [1.54, 1.807) is 12.1 Å². The number of sulfonamides is 1. The monoisotopic (exact) mass is 438 g/mol. The number of nitrogens with zero attached hydrogens (tertiary/aromatic N) is 1. The molecule has 0 aliphatic rings. The molecule has 2 aromatic carbocycles. The number of nitro groups is 1. The van der Waals surface area contributed by atoms with Crippen LogP contribution in [0.4, 0.5) is 11.4 Å². The van der Waals surface area contributed by atoms with Crippen LogP contribution < -0.4 is 4.72 Å². The lowest BCUT2D eigenvalue weighted by Crippen LogP contribution is -2.14. The van der Waals surface area contributed by atoms with Crippen LogP contribution in [0.5, 0.6) is 0 Å². The van der Waals surface area contributed by atoms with Crippen LogP contribution in [-0.4, -0.2) is 13.3 Å². The summed E-state index contributed by atoms with van der Waals surface area (Å²) >= 11 is 7.75. The number of nitro benzene ring substituents is 1. The Labute approximate surface area is 139 Å². The number of halogens is 2. The topological polar surface area (TPSA) is 89.3 Å². The molecule has 0 atom stereocenters. The molecule has 0 aliphatic carbocycles. The Morgan fingerprint density at radius 3 is 2.52 bits per heavy atom. The first kappa shape index (κ1) is 16.0. The second-order valence-electron chi connectivity index (χ2n) is 3.98. The Hall–Kier alpha value is -1.39. The van der Waals surface area contributed by atoms with Crippen molar-refractivity contribution in [2.24, 2.45) is 0 Å². The van der Waals surface area contributed by atoms with Crippen molar-refractivity contribution in [1.29, 1.82) is 0 Å². The Kier molecular flexibility index (Phi) is 4.69. The minimum atomic E-state index is -3.91. The van der Waals surface area contributed by atoms with Crippen LogP contribution in [-0.2, 0) is 10.0 Å². The van der Waals surface area contributed by atoms with E-state index >= 15 is 0 Å². The second kappa shape index (κ2) is 6.16. The fraction of sp³-hybridized carbons (Fsp3) is 0. The third kappa shape index (κ3) is 3.83. The third-order valence-corrected chi connectivity index (χ3v) is 5.00. The van der Waals surface area contributed by atoms with E-state index in [9.17, 15) is 18.5 Å². The molecule has 0 spiro atoms. The lowest BCUT2D eigenvalue weighted by molar-refractivity contribution is -0.385. The van der Waals surface area contributed by atoms with Crippen molar-refractivity contribution in [2.45, 2.75) is 4.90 Å². The minimum Gasteiger partial charge on any atom is -0.279 e. The zero-order chi connectivity index (χ0) is 15.6. The molecule has 1 N–H and O–H groups in total. The predicted octanol–water partition coefficient (Wildman–Crippen LogP) is 3.65. The van der Waals surface area contributed by atoms with Gasteiger partial charge in [-0.15, -0.1) is 0 Å². The second-order valence-corrected chi connectivity index (χ2v) is 7.27. The minimum absolute atomic E-state index is 0.178. The summed E-state index contributed by atoms with van der Waals surface area (Å²) < 4.78 is 27.5. The largest absolute Gasteiger partial charge is 0.279 e. The zero-order valence-corrected chi connectivity index (χ0v) is 14.0. The highest BCUT2D eigenvalue weighted by Gasteiger charge is 2.18. The van der Waals surface area contributed by atoms with E-state index in [0.717, 1.165) is 6.07 Å². The number of hydrogen-bond donors (Lipinski definition) is 1. The first-order chi connectivity index (χ1) is 9.79. The summed E-state index contributed by atoms with van der Waals surface area (Å²) in [5.41, 5.74) is 0.0650. The van der Waals surface area contributed by atoms with E-state index in [-0.39, 0.29) is 10.6 Å². The maximum Gasteiger partial charge on any atom is 0.270 e. The van der Waals surface area contributed by atoms with Gasteiger partial charge in [0.2, 0.25) is 0 Å². The van der Waals surface area contributed by atoms with Gasteiger partial charge in [-0.25, -0.2) is 8.42 Å². The standard InChI is InChI=1S/C12H8ClIN2O4S/c13-8-4-5-12(11(14)6-8)15-21(19,20)10-3-1-2-9(7-10)16(17)18/h1-7,15H. The Morgan fingerprint density at radius 2 is 1.90 bits per heavy atom. The summed E-state index contributed by atoms with van der Waals surface area (Å²) in [7, 11) is -3.91. The summed E-state index contributed by atoms with van der Waals surface area (Å²) in [6.07, 6.45) is 0. The van der Waals surface area contributed by atoms with Gasteiger partial charge in [0.05, 0.1) is 15.5 Å². The van der Waals surface area contributed by atoms with Gasteiger partial charge in [-0.2, -0.15) is 0 Å². The average molecular weight is 439 g/mol. The van der Waals surface area contributed by atoms with Crippen molar-refractivity contribution < 1.29 is 13.3 Å². The van der Waals surface area contributed by atoms with Crippen LogP contribution in [0.25, 0.3) is 0 Å². The third-order valence-electron chi connectivity index (χ3n) is 2.51. The molecule has 0 amide bonds. The molecule has 0 saturated heterocycles. The highest BCUT2D eigenvalue weighted by molar-refractivity contribution is 14.1. The molecule has 0 heterocycles. The summed E-state index contributed by atoms with van der Waals surface area (Å²) in [5, 5.41) is 11.2. The first-order valence-corrected chi connectivity index (χ1v) is 8.46. The first-order valence-electron chi connectivity index (χ1n) is 5.52. The van der Waals surface area contributed by atoms with Gasteiger partial charge in [-0.1, -0.05) is 17.7 Å². The molecule has 2 rings (SSSR count). The molecule has 2 aromatic rings. The van der Waals surface area contributed by atoms with Gasteiger partial charge in [-0.05, 0) is 46.9 Å². The number of benzene rings is 2. The van der Waals surface area contributed by atoms with E-state index in [0.29, 0.717) is 14.3 Å². The molecular weight excluding hydrogens is 431 g/mol. The zero-order valence-electron chi connectivity index (χ0n) is 10.3. The normalized spacial score (nSPS) is 11.1. The van der Waals surface area contributed by atoms with Gasteiger partial charge in [0.15, 0.2) is 0 Å². The summed E-state index contributed by atoms with van der Waals surface area (Å²) in [6.45, 7) is 0. The lowest BCUT2D eigenvalue weighted by atomic mass is 10.3. The summed E-state index contributed by atoms with van der Waals surface area (Å²) in [6, 6.07) is 9.52. The fourth-order valence-electron chi connectivity index (χ4n) is 1.54. The molecule has 21 heavy (non-hydrogen) atoms. The van der Waals surface area contributed by atoms with Gasteiger partial charge in [-0.3, -0.25) is 14.8 Å². The van der Waals surface area contributed by atoms with Gasteiger partial charge in [0, 0.05) is 20.7 Å². The van der Waals surface area contributed by atoms with Gasteiger partial charge < -0.3 is 0 Å². The predicted molar refractivity (Wildman–Crippen MR) is 88.1 cm³/mol. The molecule has 0 aliphatic heterocycles. The Morgan fingerprint density at radius 1 is 1.19 bits per heavy atom. The molecule has 9 heteroatoms. The van der Waals surface area contributed by atoms with Crippen molar-refractivity contribution in [3.63, 3.8) is 0 Å². The Balaban J connectivity index is 2.38. The molecule has 0 aromatic heterocycles. The molecule has 0 radical (unpaired) electrons. The molecular formula is C12H8ClIN2O4S. The summed E-state index contributed by atoms with van der Waals surface area (Å²) in [5.74, 6) is 0. The highest BCUT2D eigenvalue weighted by atomic mass is 127. The van der Waals surface area contributed by atoms with Crippen LogP contribution in [0.2, 0.25) is 5.02 Å². The van der Waals surface area contributed by atoms with Crippen LogP contribution in [0, 0.1) is 13.7 Å². The molecule has 0 fully saturated rings. The quantitative estimate of drug-likeness (QED) is 0.448. The molecule has 6 nitrogen and oxygen atoms in total. The number of nitrogens with one attached hydrogen (secondary N) is 1. The Bertz CT molecular complexity index is 811. The maximum absolute atomic E-state index is 12.2. The number of non-ortho nitro benzene ring substituents is 1. The van der Waals surface area contributed by atoms with Gasteiger partial charge >= 0.3 is 0 Å². The summed E-state index contributed by atoms with van der Waals surface area (Å²) in [4.78, 5) is 9.88. The van der Waals surface area contributed by atoms with Crippen molar-refractivity contribution in [3.05, 3.63) is 61.2 Å². The van der Waals surface area contributed by atoms with E-state index in [2.05, 4.69) is 4.72 Å². The van der Waals surface area contributed by atoms with Crippen molar-refractivity contribution in [3.8, 4) is 0 Å². The fourth-order valence-corrected chi connectivity index (χ4v) is 3.85. The molecule has 0 saturated carbocycles. The van der Waals surface area contributed by atoms with Crippen molar-refractivity contribution >= 4 is 55.6 Å². The number of rotatable bonds is 4. The smallest absolute Gasteiger partial charge is 0.270 e. The number of anilines is 1. The number of hydrogen-bond acceptors (Lipinski definition) is 4. The SMILES string of the molecule is O=[N+]([O-])c1cccc(S(=O)(=O)Nc2ccc(Cl)cc2I)c1. The highest BCUT2D eigenvalue weighted by Crippen LogP contribution is 2.26. The van der Waals surface area contributed by atoms with Gasteiger partial charge in [0.1, 0.15) is 0 Å². The molecule has 110 valence electrons. The lowest BCUT2D eigenvalue weighted by Gasteiger charge is -2.10. The van der Waals surface area contributed by atoms with Crippen LogP contribution in [0.1, 0.15) is 0 Å². The average Bonchev–Trinajstić information content (AvgIpc) is 2.42. The van der Waals surface area contributed by atoms with Crippen LogP contribution in [0.3, 0.4) is 0 Å².